The Kier molecular flexibility index (Phi) is 7.64. The molecule has 17 heteroatoms. The molecule has 1 aromatic heterocycles. The number of carbonyl (C=O) groups excluding carboxylic acids is 1. The van der Waals surface area contributed by atoms with Gasteiger partial charge in [0.1, 0.15) is 0 Å². The number of sulfonamides is 1. The number of methoxy groups -OCH3 is 2. The summed E-state index contributed by atoms with van der Waals surface area (Å²) >= 11 is 2.80. The Morgan fingerprint density at radius 3 is 2.06 bits per heavy atom. The number of aromatic nitrogens is 2. The van der Waals surface area contributed by atoms with Crippen LogP contribution in [0.25, 0.3) is 0 Å². The average Bonchev–Trinajstić information content (AvgIpc) is 2.83. The lowest BCUT2D eigenvalue weighted by atomic mass is 10.1. The molecule has 0 aliphatic heterocycles. The molecule has 0 spiro atoms. The smallest absolute Gasteiger partial charge is 0.321 e. The van der Waals surface area contributed by atoms with E-state index in [-0.39, 0.29) is 38.3 Å². The summed E-state index contributed by atoms with van der Waals surface area (Å²) in [6.07, 6.45) is 0. The first-order valence-electron chi connectivity index (χ1n) is 9.48. The summed E-state index contributed by atoms with van der Waals surface area (Å²) in [5.74, 6) is -0.942. The van der Waals surface area contributed by atoms with Gasteiger partial charge in [-0.1, -0.05) is 0 Å². The maximum Gasteiger partial charge on any atom is 0.321 e. The van der Waals surface area contributed by atoms with E-state index in [9.17, 15) is 33.4 Å². The number of carbonyl (C=O) groups is 1. The number of anilines is 2. The van der Waals surface area contributed by atoms with Crippen molar-refractivity contribution in [2.24, 2.45) is 0 Å². The van der Waals surface area contributed by atoms with E-state index in [2.05, 4.69) is 35.9 Å². The highest BCUT2D eigenvalue weighted by Gasteiger charge is 2.27. The molecule has 0 saturated heterocycles. The second-order valence-electron chi connectivity index (χ2n) is 6.71. The first-order valence-corrected chi connectivity index (χ1v) is 11.8. The first kappa shape index (κ1) is 26.2. The van der Waals surface area contributed by atoms with E-state index in [1.54, 1.807) is 0 Å². The number of nitrogens with zero attached hydrogens (tertiary/aromatic N) is 4. The SMILES string of the molecule is COc1cc(NS(=O)(=O)c2ccc(NC(=O)c3cc([N+](=O)[O-])c(Br)c([N+](=O)[O-])c3)cc2)nc(OC)n1. The van der Waals surface area contributed by atoms with E-state index in [4.69, 9.17) is 9.47 Å². The lowest BCUT2D eigenvalue weighted by Crippen LogP contribution is -2.15. The van der Waals surface area contributed by atoms with Crippen LogP contribution < -0.4 is 19.5 Å². The summed E-state index contributed by atoms with van der Waals surface area (Å²) in [4.78, 5) is 40.8. The third kappa shape index (κ3) is 5.81. The van der Waals surface area contributed by atoms with Gasteiger partial charge >= 0.3 is 6.01 Å². The van der Waals surface area contributed by atoms with Crippen molar-refractivity contribution in [1.29, 1.82) is 0 Å². The normalized spacial score (nSPS) is 10.9. The van der Waals surface area contributed by atoms with Crippen molar-refractivity contribution in [1.82, 2.24) is 9.97 Å². The van der Waals surface area contributed by atoms with Crippen LogP contribution in [0.15, 0.2) is 51.8 Å². The van der Waals surface area contributed by atoms with Crippen LogP contribution in [0.3, 0.4) is 0 Å². The molecule has 2 N–H and O–H groups in total. The van der Waals surface area contributed by atoms with Crippen molar-refractivity contribution >= 4 is 54.7 Å². The van der Waals surface area contributed by atoms with Gasteiger partial charge in [-0.15, -0.1) is 0 Å². The summed E-state index contributed by atoms with van der Waals surface area (Å²) < 4.78 is 37.2. The Morgan fingerprint density at radius 1 is 0.972 bits per heavy atom. The quantitative estimate of drug-likeness (QED) is 0.276. The molecule has 0 unspecified atom stereocenters. The zero-order valence-electron chi connectivity index (χ0n) is 18.3. The molecule has 0 bridgehead atoms. The number of halogens is 1. The van der Waals surface area contributed by atoms with Crippen LogP contribution in [-0.2, 0) is 10.0 Å². The molecule has 0 saturated carbocycles. The Balaban J connectivity index is 1.82. The minimum absolute atomic E-state index is 0.0611. The van der Waals surface area contributed by atoms with Crippen molar-refractivity contribution in [3.8, 4) is 11.9 Å². The molecular weight excluding hydrogens is 568 g/mol. The van der Waals surface area contributed by atoms with Gasteiger partial charge in [0, 0.05) is 23.9 Å². The molecule has 0 radical (unpaired) electrons. The van der Waals surface area contributed by atoms with Crippen LogP contribution in [0.2, 0.25) is 0 Å². The van der Waals surface area contributed by atoms with Gasteiger partial charge in [-0.25, -0.2) is 8.42 Å². The van der Waals surface area contributed by atoms with Gasteiger partial charge in [0.15, 0.2) is 10.3 Å². The standard InChI is InChI=1S/C19H15BrN6O9S/c1-34-16-9-15(22-19(23-16)35-2)24-36(32,33)12-5-3-11(4-6-12)21-18(27)10-7-13(25(28)29)17(20)14(8-10)26(30)31/h3-9H,1-2H3,(H,21,27)(H,22,23,24). The highest BCUT2D eigenvalue weighted by molar-refractivity contribution is 9.10. The predicted molar refractivity (Wildman–Crippen MR) is 128 cm³/mol. The van der Waals surface area contributed by atoms with Crippen molar-refractivity contribution in [3.63, 3.8) is 0 Å². The van der Waals surface area contributed by atoms with Crippen molar-refractivity contribution < 1.29 is 32.5 Å². The largest absolute Gasteiger partial charge is 0.481 e. The van der Waals surface area contributed by atoms with Gasteiger partial charge in [-0.3, -0.25) is 29.7 Å². The van der Waals surface area contributed by atoms with Crippen LogP contribution in [-0.4, -0.2) is 48.4 Å². The number of nitrogens with one attached hydrogen (secondary N) is 2. The topological polar surface area (TPSA) is 206 Å². The Bertz CT molecular complexity index is 1410. The van der Waals surface area contributed by atoms with E-state index < -0.39 is 37.2 Å². The molecular formula is C19H15BrN6O9S. The molecule has 36 heavy (non-hydrogen) atoms. The maximum atomic E-state index is 12.7. The molecule has 188 valence electrons. The molecule has 3 rings (SSSR count). The van der Waals surface area contributed by atoms with E-state index in [1.165, 1.54) is 44.6 Å². The number of rotatable bonds is 9. The van der Waals surface area contributed by atoms with Gasteiger partial charge in [-0.05, 0) is 40.2 Å². The molecule has 0 aliphatic rings. The van der Waals surface area contributed by atoms with E-state index in [1.807, 2.05) is 0 Å². The summed E-state index contributed by atoms with van der Waals surface area (Å²) in [6.45, 7) is 0. The van der Waals surface area contributed by atoms with Crippen LogP contribution in [0.1, 0.15) is 10.4 Å². The van der Waals surface area contributed by atoms with E-state index in [0.717, 1.165) is 12.1 Å². The van der Waals surface area contributed by atoms with Crippen LogP contribution in [0.5, 0.6) is 11.9 Å². The lowest BCUT2D eigenvalue weighted by Gasteiger charge is -2.10. The average molecular weight is 583 g/mol. The number of ether oxygens (including phenoxy) is 2. The van der Waals surface area contributed by atoms with Crippen molar-refractivity contribution in [2.75, 3.05) is 24.3 Å². The highest BCUT2D eigenvalue weighted by atomic mass is 79.9. The molecule has 2 aromatic carbocycles. The van der Waals surface area contributed by atoms with E-state index >= 15 is 0 Å². The summed E-state index contributed by atoms with van der Waals surface area (Å²) in [5.41, 5.74) is -1.56. The molecule has 3 aromatic rings. The predicted octanol–water partition coefficient (Wildman–Crippen LogP) is 3.13. The zero-order chi connectivity index (χ0) is 26.6. The highest BCUT2D eigenvalue weighted by Crippen LogP contribution is 2.35. The van der Waals surface area contributed by atoms with Crippen molar-refractivity contribution in [2.45, 2.75) is 4.90 Å². The van der Waals surface area contributed by atoms with Gasteiger partial charge in [-0.2, -0.15) is 9.97 Å². The number of hydrogen-bond acceptors (Lipinski definition) is 11. The molecule has 0 atom stereocenters. The fraction of sp³-hybridized carbons (Fsp3) is 0.105. The summed E-state index contributed by atoms with van der Waals surface area (Å²) in [7, 11) is -1.49. The van der Waals surface area contributed by atoms with Crippen LogP contribution in [0.4, 0.5) is 22.9 Å². The molecule has 1 amide bonds. The Labute approximate surface area is 211 Å². The van der Waals surface area contributed by atoms with Gasteiger partial charge in [0.25, 0.3) is 27.3 Å². The number of nitro benzene ring substituents is 2. The zero-order valence-corrected chi connectivity index (χ0v) is 20.7. The number of nitro groups is 2. The third-order valence-electron chi connectivity index (χ3n) is 4.43. The van der Waals surface area contributed by atoms with Crippen LogP contribution >= 0.6 is 15.9 Å². The lowest BCUT2D eigenvalue weighted by molar-refractivity contribution is -0.395. The minimum Gasteiger partial charge on any atom is -0.481 e. The number of hydrogen-bond donors (Lipinski definition) is 2. The van der Waals surface area contributed by atoms with Crippen LogP contribution in [0, 0.1) is 20.2 Å². The first-order chi connectivity index (χ1) is 16.9. The Hall–Kier alpha value is -4.38. The second-order valence-corrected chi connectivity index (χ2v) is 9.18. The second kappa shape index (κ2) is 10.5. The minimum atomic E-state index is -4.11. The fourth-order valence-corrected chi connectivity index (χ4v) is 4.27. The molecule has 0 fully saturated rings. The molecule has 15 nitrogen and oxygen atoms in total. The van der Waals surface area contributed by atoms with Gasteiger partial charge < -0.3 is 14.8 Å². The summed E-state index contributed by atoms with van der Waals surface area (Å²) in [6, 6.07) is 7.74. The van der Waals surface area contributed by atoms with E-state index in [0.29, 0.717) is 0 Å². The molecule has 1 heterocycles. The summed E-state index contributed by atoms with van der Waals surface area (Å²) in [5, 5.41) is 24.8. The monoisotopic (exact) mass is 582 g/mol. The van der Waals surface area contributed by atoms with Gasteiger partial charge in [0.05, 0.1) is 34.5 Å². The maximum absolute atomic E-state index is 12.7. The van der Waals surface area contributed by atoms with Crippen molar-refractivity contribution in [3.05, 3.63) is 72.7 Å². The fourth-order valence-electron chi connectivity index (χ4n) is 2.76. The Morgan fingerprint density at radius 2 is 1.56 bits per heavy atom. The third-order valence-corrected chi connectivity index (χ3v) is 6.61. The van der Waals surface area contributed by atoms with Gasteiger partial charge in [0.2, 0.25) is 5.88 Å². The number of amides is 1. The number of benzene rings is 2. The molecule has 0 aliphatic carbocycles.